The Bertz CT molecular complexity index is 2080. The summed E-state index contributed by atoms with van der Waals surface area (Å²) in [4.78, 5) is 33.2. The number of fused-ring (bicyclic) bond motifs is 2. The highest BCUT2D eigenvalue weighted by molar-refractivity contribution is 9.10. The number of ketones is 1. The summed E-state index contributed by atoms with van der Waals surface area (Å²) in [5.41, 5.74) is 3.30. The molecule has 1 unspecified atom stereocenters. The molecule has 0 radical (unpaired) electrons. The van der Waals surface area contributed by atoms with Gasteiger partial charge >= 0.3 is 5.91 Å². The molecule has 1 amide bonds. The van der Waals surface area contributed by atoms with Gasteiger partial charge in [0.05, 0.1) is 17.3 Å². The molecular formula is C32H22BrN5O3S2. The molecule has 0 aliphatic carbocycles. The van der Waals surface area contributed by atoms with Gasteiger partial charge in [0.25, 0.3) is 5.78 Å². The van der Waals surface area contributed by atoms with Crippen molar-refractivity contribution in [1.82, 2.24) is 19.6 Å². The van der Waals surface area contributed by atoms with E-state index in [1.807, 2.05) is 60.7 Å². The number of hydrogen-bond donors (Lipinski definition) is 1. The van der Waals surface area contributed by atoms with E-state index in [1.54, 1.807) is 17.5 Å². The lowest BCUT2D eigenvalue weighted by Gasteiger charge is -2.22. The molecule has 1 fully saturated rings. The van der Waals surface area contributed by atoms with E-state index < -0.39 is 17.7 Å². The Balaban J connectivity index is 1.29. The molecule has 1 saturated heterocycles. The van der Waals surface area contributed by atoms with Gasteiger partial charge in [-0.1, -0.05) is 99.7 Å². The normalized spacial score (nSPS) is 16.5. The molecule has 1 atom stereocenters. The van der Waals surface area contributed by atoms with E-state index in [9.17, 15) is 14.7 Å². The molecular weight excluding hydrogens is 646 g/mol. The van der Waals surface area contributed by atoms with Crippen molar-refractivity contribution in [3.8, 4) is 0 Å². The topological polar surface area (TPSA) is 101 Å². The maximum atomic E-state index is 13.7. The van der Waals surface area contributed by atoms with E-state index >= 15 is 0 Å². The number of aryl methyl sites for hydroxylation is 1. The summed E-state index contributed by atoms with van der Waals surface area (Å²) in [6.45, 7) is 1.76. The highest BCUT2D eigenvalue weighted by atomic mass is 79.9. The van der Waals surface area contributed by atoms with Crippen molar-refractivity contribution in [3.05, 3.63) is 124 Å². The number of rotatable bonds is 6. The zero-order chi connectivity index (χ0) is 29.7. The summed E-state index contributed by atoms with van der Waals surface area (Å²) in [5, 5.41) is 23.0. The number of pyridine rings is 1. The van der Waals surface area contributed by atoms with Crippen molar-refractivity contribution in [2.24, 2.45) is 0 Å². The smallest absolute Gasteiger partial charge is 0.301 e. The van der Waals surface area contributed by atoms with Gasteiger partial charge in [-0.15, -0.1) is 10.2 Å². The number of amides is 1. The predicted molar refractivity (Wildman–Crippen MR) is 172 cm³/mol. The second-order valence-corrected chi connectivity index (χ2v) is 13.1. The highest BCUT2D eigenvalue weighted by Crippen LogP contribution is 2.44. The molecule has 1 N–H and O–H groups in total. The Morgan fingerprint density at radius 3 is 2.58 bits per heavy atom. The van der Waals surface area contributed by atoms with Crippen LogP contribution < -0.4 is 4.90 Å². The van der Waals surface area contributed by atoms with Crippen LogP contribution in [0.25, 0.3) is 22.2 Å². The molecule has 1 aliphatic heterocycles. The Labute approximate surface area is 262 Å². The second-order valence-electron chi connectivity index (χ2n) is 9.97. The molecule has 212 valence electrons. The number of thioether (sulfide) groups is 1. The van der Waals surface area contributed by atoms with Crippen LogP contribution in [0.1, 0.15) is 28.6 Å². The number of halogens is 1. The maximum Gasteiger partial charge on any atom is 0.301 e. The fourth-order valence-electron chi connectivity index (χ4n) is 5.43. The van der Waals surface area contributed by atoms with E-state index in [0.717, 1.165) is 9.86 Å². The Morgan fingerprint density at radius 1 is 0.977 bits per heavy atom. The van der Waals surface area contributed by atoms with E-state index in [2.05, 4.69) is 55.4 Å². The molecule has 1 aliphatic rings. The number of hydrogen-bond acceptors (Lipinski definition) is 8. The fourth-order valence-corrected chi connectivity index (χ4v) is 7.57. The summed E-state index contributed by atoms with van der Waals surface area (Å²) in [6.07, 6.45) is 1.76. The molecule has 6 aromatic rings. The number of aromatic nitrogens is 4. The first-order chi connectivity index (χ1) is 20.9. The number of nitrogens with zero attached hydrogens (tertiary/aromatic N) is 5. The quantitative estimate of drug-likeness (QED) is 0.0653. The molecule has 0 spiro atoms. The summed E-state index contributed by atoms with van der Waals surface area (Å²) in [7, 11) is 0. The van der Waals surface area contributed by atoms with Crippen molar-refractivity contribution < 1.29 is 14.7 Å². The van der Waals surface area contributed by atoms with Crippen molar-refractivity contribution in [2.45, 2.75) is 23.1 Å². The van der Waals surface area contributed by atoms with Gasteiger partial charge in [0.1, 0.15) is 11.3 Å². The molecule has 0 saturated carbocycles. The zero-order valence-corrected chi connectivity index (χ0v) is 25.9. The second kappa shape index (κ2) is 11.1. The molecule has 7 rings (SSSR count). The maximum absolute atomic E-state index is 13.7. The number of benzene rings is 3. The molecule has 11 heteroatoms. The van der Waals surface area contributed by atoms with Gasteiger partial charge in [0.15, 0.2) is 10.1 Å². The fraction of sp³-hybridized carbons (Fsp3) is 0.0938. The highest BCUT2D eigenvalue weighted by Gasteiger charge is 2.48. The van der Waals surface area contributed by atoms with Gasteiger partial charge in [-0.25, -0.2) is 4.98 Å². The van der Waals surface area contributed by atoms with Gasteiger partial charge in [0.2, 0.25) is 5.13 Å². The van der Waals surface area contributed by atoms with Crippen LogP contribution >= 0.6 is 39.0 Å². The van der Waals surface area contributed by atoms with E-state index in [-0.39, 0.29) is 16.5 Å². The molecule has 0 bridgehead atoms. The summed E-state index contributed by atoms with van der Waals surface area (Å²) >= 11 is 6.22. The number of Topliss-reactive ketones (excluding diaryl/α,β-unsaturated/α-hetero) is 1. The van der Waals surface area contributed by atoms with Gasteiger partial charge in [0, 0.05) is 16.4 Å². The van der Waals surface area contributed by atoms with Crippen molar-refractivity contribution in [1.29, 1.82) is 0 Å². The Kier molecular flexibility index (Phi) is 7.08. The minimum Gasteiger partial charge on any atom is -0.505 e. The third-order valence-electron chi connectivity index (χ3n) is 7.39. The number of imidazole rings is 1. The van der Waals surface area contributed by atoms with Crippen LogP contribution in [-0.2, 0) is 15.3 Å². The lowest BCUT2D eigenvalue weighted by atomic mass is 9.96. The van der Waals surface area contributed by atoms with Crippen molar-refractivity contribution in [2.75, 3.05) is 4.90 Å². The van der Waals surface area contributed by atoms with Crippen LogP contribution in [0.4, 0.5) is 5.13 Å². The molecule has 8 nitrogen and oxygen atoms in total. The molecule has 43 heavy (non-hydrogen) atoms. The average Bonchev–Trinajstić information content (AvgIpc) is 3.69. The van der Waals surface area contributed by atoms with Gasteiger partial charge < -0.3 is 5.11 Å². The first kappa shape index (κ1) is 27.5. The summed E-state index contributed by atoms with van der Waals surface area (Å²) in [6, 6.07) is 26.3. The van der Waals surface area contributed by atoms with E-state index in [1.165, 1.54) is 38.9 Å². The standard InChI is InChI=1S/C32H22BrN5O3S2/c1-18-26(37-16-5-4-11-24(37)34-18)28(39)25-27(20-12-14-22(33)15-13-20)38(30(41)29(25)40)31-35-36-32(43-31)42-17-21-9-6-8-19-7-2-3-10-23(19)21/h2-16,27,39H,17H2,1H3/b28-25+. The third-order valence-corrected chi connectivity index (χ3v) is 10.0. The minimum atomic E-state index is -0.911. The number of carbonyl (C=O) groups is 2. The first-order valence-corrected chi connectivity index (χ1v) is 15.9. The van der Waals surface area contributed by atoms with E-state index in [4.69, 9.17) is 0 Å². The average molecular weight is 669 g/mol. The number of carbonyl (C=O) groups excluding carboxylic acids is 2. The molecule has 4 heterocycles. The third kappa shape index (κ3) is 4.83. The Hall–Kier alpha value is -4.32. The number of anilines is 1. The molecule has 3 aromatic heterocycles. The SMILES string of the molecule is Cc1nc2ccccn2c1/C(O)=C1\C(=O)C(=O)N(c2nnc(SCc3cccc4ccccc34)s2)C1c1ccc(Br)cc1. The van der Waals surface area contributed by atoms with Crippen molar-refractivity contribution in [3.63, 3.8) is 0 Å². The molecule has 3 aromatic carbocycles. The van der Waals surface area contributed by atoms with Crippen LogP contribution in [0.15, 0.2) is 106 Å². The number of aliphatic hydroxyl groups is 1. The van der Waals surface area contributed by atoms with Crippen LogP contribution in [0.2, 0.25) is 0 Å². The lowest BCUT2D eigenvalue weighted by molar-refractivity contribution is -0.132. The van der Waals surface area contributed by atoms with Gasteiger partial charge in [-0.2, -0.15) is 0 Å². The van der Waals surface area contributed by atoms with Gasteiger partial charge in [-0.05, 0) is 53.1 Å². The summed E-state index contributed by atoms with van der Waals surface area (Å²) in [5.74, 6) is -1.20. The minimum absolute atomic E-state index is 0.0266. The van der Waals surface area contributed by atoms with Crippen LogP contribution in [0, 0.1) is 6.92 Å². The van der Waals surface area contributed by atoms with E-state index in [0.29, 0.717) is 32.7 Å². The first-order valence-electron chi connectivity index (χ1n) is 13.3. The van der Waals surface area contributed by atoms with Crippen LogP contribution in [-0.4, -0.2) is 36.4 Å². The van der Waals surface area contributed by atoms with Crippen molar-refractivity contribution >= 4 is 78.0 Å². The summed E-state index contributed by atoms with van der Waals surface area (Å²) < 4.78 is 3.22. The predicted octanol–water partition coefficient (Wildman–Crippen LogP) is 7.33. The Morgan fingerprint density at radius 2 is 1.74 bits per heavy atom. The largest absolute Gasteiger partial charge is 0.505 e. The zero-order valence-electron chi connectivity index (χ0n) is 22.6. The number of aliphatic hydroxyl groups excluding tert-OH is 1. The van der Waals surface area contributed by atoms with Gasteiger partial charge in [-0.3, -0.25) is 18.9 Å². The van der Waals surface area contributed by atoms with Crippen LogP contribution in [0.5, 0.6) is 0 Å². The van der Waals surface area contributed by atoms with Crippen LogP contribution in [0.3, 0.4) is 0 Å². The lowest BCUT2D eigenvalue weighted by Crippen LogP contribution is -2.29. The monoisotopic (exact) mass is 667 g/mol.